The van der Waals surface area contributed by atoms with E-state index in [1.54, 1.807) is 0 Å². The van der Waals surface area contributed by atoms with Crippen LogP contribution < -0.4 is 5.53 Å². The molecule has 5 nitrogen and oxygen atoms in total. The number of nitrogens with zero attached hydrogens (tertiary/aromatic N) is 3. The second kappa shape index (κ2) is 1.88. The van der Waals surface area contributed by atoms with Crippen LogP contribution in [0.2, 0.25) is 0 Å². The van der Waals surface area contributed by atoms with Crippen molar-refractivity contribution in [2.45, 2.75) is 6.35 Å². The maximum atomic E-state index is 8.59. The molecule has 0 radical (unpaired) electrons. The van der Waals surface area contributed by atoms with Crippen LogP contribution in [0.25, 0.3) is 0 Å². The molecule has 6 heteroatoms. The standard InChI is InChI=1S/CH3IN4O/c2-6-1(7)3-4-5-6/h1,7H,(H,3,5). The minimum absolute atomic E-state index is 0.819. The number of hydrazine groups is 1. The molecule has 1 aliphatic heterocycles. The maximum absolute atomic E-state index is 8.59. The highest BCUT2D eigenvalue weighted by molar-refractivity contribution is 14.1. The summed E-state index contributed by atoms with van der Waals surface area (Å²) in [6, 6.07) is 0. The maximum Gasteiger partial charge on any atom is 0.252 e. The van der Waals surface area contributed by atoms with Gasteiger partial charge in [0.05, 0.1) is 0 Å². The lowest BCUT2D eigenvalue weighted by atomic mass is 11.1. The van der Waals surface area contributed by atoms with Gasteiger partial charge in [-0.3, -0.25) is 0 Å². The Balaban J connectivity index is 2.45. The van der Waals surface area contributed by atoms with Gasteiger partial charge in [-0.1, -0.05) is 8.45 Å². The van der Waals surface area contributed by atoms with Gasteiger partial charge in [0, 0.05) is 22.9 Å². The van der Waals surface area contributed by atoms with E-state index >= 15 is 0 Å². The first-order chi connectivity index (χ1) is 3.30. The van der Waals surface area contributed by atoms with Gasteiger partial charge in [-0.25, -0.2) is 5.53 Å². The Labute approximate surface area is 53.8 Å². The van der Waals surface area contributed by atoms with Crippen LogP contribution in [0, 0.1) is 0 Å². The van der Waals surface area contributed by atoms with E-state index < -0.39 is 6.35 Å². The van der Waals surface area contributed by atoms with Gasteiger partial charge in [0.2, 0.25) is 0 Å². The fourth-order valence-electron chi connectivity index (χ4n) is 0.217. The minimum Gasteiger partial charge on any atom is -0.356 e. The third-order valence-corrected chi connectivity index (χ3v) is 1.22. The van der Waals surface area contributed by atoms with E-state index in [9.17, 15) is 0 Å². The third-order valence-electron chi connectivity index (χ3n) is 0.504. The predicted molar refractivity (Wildman–Crippen MR) is 29.9 cm³/mol. The Morgan fingerprint density at radius 2 is 2.57 bits per heavy atom. The number of nitrogens with one attached hydrogen (secondary N) is 1. The van der Waals surface area contributed by atoms with Crippen LogP contribution in [0.3, 0.4) is 0 Å². The normalized spacial score (nSPS) is 30.9. The van der Waals surface area contributed by atoms with Crippen molar-refractivity contribution in [3.8, 4) is 0 Å². The predicted octanol–water partition coefficient (Wildman–Crippen LogP) is -0.200. The first-order valence-corrected chi connectivity index (χ1v) is 2.56. The van der Waals surface area contributed by atoms with E-state index in [2.05, 4.69) is 15.9 Å². The quantitative estimate of drug-likeness (QED) is 0.433. The van der Waals surface area contributed by atoms with E-state index in [4.69, 9.17) is 5.11 Å². The molecule has 1 atom stereocenters. The lowest BCUT2D eigenvalue weighted by Gasteiger charge is -2.03. The number of rotatable bonds is 0. The zero-order valence-corrected chi connectivity index (χ0v) is 5.40. The summed E-state index contributed by atoms with van der Waals surface area (Å²) >= 11 is 1.84. The highest BCUT2D eigenvalue weighted by Crippen LogP contribution is 2.06. The molecular formula is CH3IN4O. The smallest absolute Gasteiger partial charge is 0.252 e. The average Bonchev–Trinajstić information content (AvgIpc) is 1.91. The molecule has 0 aromatic rings. The van der Waals surface area contributed by atoms with Gasteiger partial charge in [0.15, 0.2) is 0 Å². The molecule has 0 aromatic heterocycles. The second-order valence-corrected chi connectivity index (χ2v) is 2.01. The Morgan fingerprint density at radius 1 is 1.86 bits per heavy atom. The molecule has 1 unspecified atom stereocenters. The van der Waals surface area contributed by atoms with Crippen LogP contribution in [0.5, 0.6) is 0 Å². The van der Waals surface area contributed by atoms with Gasteiger partial charge in [0.25, 0.3) is 6.35 Å². The summed E-state index contributed by atoms with van der Waals surface area (Å²) in [6.07, 6.45) is -0.819. The molecule has 0 bridgehead atoms. The molecule has 0 spiro atoms. The molecular weight excluding hydrogens is 211 g/mol. The molecule has 0 fully saturated rings. The average molecular weight is 214 g/mol. The van der Waals surface area contributed by atoms with E-state index in [0.717, 1.165) is 0 Å². The summed E-state index contributed by atoms with van der Waals surface area (Å²) in [4.78, 5) is 0. The fraction of sp³-hybridized carbons (Fsp3) is 1.00. The van der Waals surface area contributed by atoms with Crippen LogP contribution in [0.1, 0.15) is 0 Å². The molecule has 0 saturated carbocycles. The SMILES string of the molecule is OC1N=NNN1I. The van der Waals surface area contributed by atoms with Gasteiger partial charge in [-0.2, -0.15) is 0 Å². The zero-order valence-electron chi connectivity index (χ0n) is 3.24. The lowest BCUT2D eigenvalue weighted by Crippen LogP contribution is -2.26. The van der Waals surface area contributed by atoms with Gasteiger partial charge in [-0.15, -0.1) is 5.11 Å². The van der Waals surface area contributed by atoms with Crippen molar-refractivity contribution in [3.63, 3.8) is 0 Å². The van der Waals surface area contributed by atoms with E-state index in [1.165, 1.54) is 3.22 Å². The summed E-state index contributed by atoms with van der Waals surface area (Å²) < 4.78 is 1.34. The van der Waals surface area contributed by atoms with Gasteiger partial charge in [-0.05, 0) is 0 Å². The molecule has 1 heterocycles. The van der Waals surface area contributed by atoms with Crippen molar-refractivity contribution in [2.75, 3.05) is 0 Å². The molecule has 7 heavy (non-hydrogen) atoms. The van der Waals surface area contributed by atoms with Crippen LogP contribution in [-0.2, 0) is 0 Å². The monoisotopic (exact) mass is 214 g/mol. The first kappa shape index (κ1) is 5.19. The number of aliphatic hydroxyl groups is 1. The van der Waals surface area contributed by atoms with E-state index in [0.29, 0.717) is 0 Å². The summed E-state index contributed by atoms with van der Waals surface area (Å²) in [5, 5.41) is 15.2. The van der Waals surface area contributed by atoms with Crippen molar-refractivity contribution >= 4 is 22.9 Å². The summed E-state index contributed by atoms with van der Waals surface area (Å²) in [6.45, 7) is 0. The summed E-state index contributed by atoms with van der Waals surface area (Å²) in [7, 11) is 0. The second-order valence-electron chi connectivity index (χ2n) is 0.973. The number of aliphatic hydroxyl groups excluding tert-OH is 1. The molecule has 40 valence electrons. The number of hydrogen-bond donors (Lipinski definition) is 2. The molecule has 1 aliphatic rings. The molecule has 1 rings (SSSR count). The fourth-order valence-corrected chi connectivity index (χ4v) is 0.425. The van der Waals surface area contributed by atoms with Crippen LogP contribution in [0.4, 0.5) is 0 Å². The number of halogens is 1. The van der Waals surface area contributed by atoms with Crippen molar-refractivity contribution in [2.24, 2.45) is 10.3 Å². The molecule has 2 N–H and O–H groups in total. The third kappa shape index (κ3) is 0.983. The summed E-state index contributed by atoms with van der Waals surface area (Å²) in [5.74, 6) is 0. The van der Waals surface area contributed by atoms with Crippen molar-refractivity contribution in [1.82, 2.24) is 8.76 Å². The topological polar surface area (TPSA) is 60.2 Å². The Hall–Kier alpha value is 0.0500. The van der Waals surface area contributed by atoms with Crippen LogP contribution in [-0.4, -0.2) is 14.7 Å². The van der Waals surface area contributed by atoms with Crippen molar-refractivity contribution < 1.29 is 5.11 Å². The van der Waals surface area contributed by atoms with Gasteiger partial charge in [0.1, 0.15) is 0 Å². The Kier molecular flexibility index (Phi) is 1.40. The summed E-state index contributed by atoms with van der Waals surface area (Å²) in [5.41, 5.74) is 2.40. The van der Waals surface area contributed by atoms with Crippen molar-refractivity contribution in [3.05, 3.63) is 0 Å². The van der Waals surface area contributed by atoms with E-state index in [-0.39, 0.29) is 0 Å². The first-order valence-electron chi connectivity index (χ1n) is 1.59. The van der Waals surface area contributed by atoms with Crippen LogP contribution >= 0.6 is 22.9 Å². The van der Waals surface area contributed by atoms with Gasteiger partial charge < -0.3 is 5.11 Å². The molecule has 0 aromatic carbocycles. The van der Waals surface area contributed by atoms with Crippen molar-refractivity contribution in [1.29, 1.82) is 0 Å². The lowest BCUT2D eigenvalue weighted by molar-refractivity contribution is 0.0930. The Bertz CT molecular complexity index is 93.7. The largest absolute Gasteiger partial charge is 0.356 e. The molecule has 0 amide bonds. The van der Waals surface area contributed by atoms with Gasteiger partial charge >= 0.3 is 0 Å². The molecule has 0 aliphatic carbocycles. The number of hydrogen-bond acceptors (Lipinski definition) is 5. The van der Waals surface area contributed by atoms with E-state index in [1.807, 2.05) is 22.9 Å². The molecule has 0 saturated heterocycles. The highest BCUT2D eigenvalue weighted by atomic mass is 127. The van der Waals surface area contributed by atoms with Crippen LogP contribution in [0.15, 0.2) is 10.3 Å². The Morgan fingerprint density at radius 3 is 2.71 bits per heavy atom. The minimum atomic E-state index is -0.819. The zero-order chi connectivity index (χ0) is 5.28. The highest BCUT2D eigenvalue weighted by Gasteiger charge is 2.14.